The van der Waals surface area contributed by atoms with Gasteiger partial charge in [0.15, 0.2) is 0 Å². The summed E-state index contributed by atoms with van der Waals surface area (Å²) in [6.45, 7) is 2.00. The minimum Gasteiger partial charge on any atom is -0.118 e. The average molecular weight is 129 g/mol. The Morgan fingerprint density at radius 2 is 2.50 bits per heavy atom. The maximum Gasteiger partial charge on any atom is 0.0523 e. The van der Waals surface area contributed by atoms with Gasteiger partial charge in [0.2, 0.25) is 0 Å². The van der Waals surface area contributed by atoms with E-state index < -0.39 is 0 Å². The van der Waals surface area contributed by atoms with E-state index in [2.05, 4.69) is 12.2 Å². The van der Waals surface area contributed by atoms with Crippen LogP contribution in [-0.2, 0) is 0 Å². The van der Waals surface area contributed by atoms with Crippen molar-refractivity contribution in [2.45, 2.75) is 18.7 Å². The zero-order chi connectivity index (χ0) is 5.98. The van der Waals surface area contributed by atoms with Crippen LogP contribution in [-0.4, -0.2) is 5.38 Å². The second-order valence-corrected chi connectivity index (χ2v) is 2.64. The summed E-state index contributed by atoms with van der Waals surface area (Å²) in [5.74, 6) is 0. The number of hydrogen-bond acceptors (Lipinski definition) is 0. The van der Waals surface area contributed by atoms with Gasteiger partial charge >= 0.3 is 0 Å². The zero-order valence-corrected chi connectivity index (χ0v) is 5.65. The Morgan fingerprint density at radius 3 is 2.75 bits per heavy atom. The minimum absolute atomic E-state index is 0.213. The van der Waals surface area contributed by atoms with Crippen LogP contribution in [0.2, 0.25) is 0 Å². The molecule has 1 rings (SSSR count). The Bertz CT molecular complexity index is 131. The number of allylic oxidation sites excluding steroid dienone is 4. The summed E-state index contributed by atoms with van der Waals surface area (Å²) in [4.78, 5) is 0. The summed E-state index contributed by atoms with van der Waals surface area (Å²) >= 11 is 5.78. The SMILES string of the molecule is CC(Cl)C1=CC=CC1. The van der Waals surface area contributed by atoms with E-state index in [4.69, 9.17) is 11.6 Å². The first-order chi connectivity index (χ1) is 3.80. The molecule has 0 radical (unpaired) electrons. The molecule has 1 heteroatoms. The normalized spacial score (nSPS) is 21.0. The summed E-state index contributed by atoms with van der Waals surface area (Å²) in [5.41, 5.74) is 1.33. The first kappa shape index (κ1) is 5.90. The van der Waals surface area contributed by atoms with Crippen LogP contribution < -0.4 is 0 Å². The van der Waals surface area contributed by atoms with Gasteiger partial charge in [0, 0.05) is 0 Å². The van der Waals surface area contributed by atoms with Gasteiger partial charge in [-0.25, -0.2) is 0 Å². The van der Waals surface area contributed by atoms with Crippen molar-refractivity contribution in [3.05, 3.63) is 23.8 Å². The Hall–Kier alpha value is -0.230. The maximum atomic E-state index is 5.78. The fourth-order valence-corrected chi connectivity index (χ4v) is 0.921. The summed E-state index contributed by atoms with van der Waals surface area (Å²) in [7, 11) is 0. The number of halogens is 1. The second-order valence-electron chi connectivity index (χ2n) is 1.99. The summed E-state index contributed by atoms with van der Waals surface area (Å²) in [5, 5.41) is 0.213. The van der Waals surface area contributed by atoms with Gasteiger partial charge in [-0.15, -0.1) is 11.6 Å². The highest BCUT2D eigenvalue weighted by molar-refractivity contribution is 6.22. The highest BCUT2D eigenvalue weighted by atomic mass is 35.5. The van der Waals surface area contributed by atoms with Crippen LogP contribution in [0.25, 0.3) is 0 Å². The lowest BCUT2D eigenvalue weighted by Gasteiger charge is -2.00. The monoisotopic (exact) mass is 128 g/mol. The quantitative estimate of drug-likeness (QED) is 0.476. The first-order valence-electron chi connectivity index (χ1n) is 2.80. The Balaban J connectivity index is 2.51. The van der Waals surface area contributed by atoms with E-state index in [9.17, 15) is 0 Å². The van der Waals surface area contributed by atoms with Crippen LogP contribution in [0.5, 0.6) is 0 Å². The van der Waals surface area contributed by atoms with E-state index in [1.807, 2.05) is 13.0 Å². The number of alkyl halides is 1. The molecular weight excluding hydrogens is 120 g/mol. The molecule has 0 fully saturated rings. The van der Waals surface area contributed by atoms with E-state index in [0.717, 1.165) is 6.42 Å². The topological polar surface area (TPSA) is 0 Å². The molecule has 0 N–H and O–H groups in total. The van der Waals surface area contributed by atoms with E-state index in [1.54, 1.807) is 0 Å². The van der Waals surface area contributed by atoms with Crippen molar-refractivity contribution < 1.29 is 0 Å². The first-order valence-corrected chi connectivity index (χ1v) is 3.24. The molecule has 8 heavy (non-hydrogen) atoms. The van der Waals surface area contributed by atoms with Crippen LogP contribution in [0.1, 0.15) is 13.3 Å². The highest BCUT2D eigenvalue weighted by Crippen LogP contribution is 2.17. The van der Waals surface area contributed by atoms with Crippen molar-refractivity contribution in [2.24, 2.45) is 0 Å². The van der Waals surface area contributed by atoms with Gasteiger partial charge in [0.1, 0.15) is 0 Å². The maximum absolute atomic E-state index is 5.78. The van der Waals surface area contributed by atoms with Crippen molar-refractivity contribution >= 4 is 11.6 Å². The molecule has 0 aliphatic heterocycles. The van der Waals surface area contributed by atoms with Gasteiger partial charge in [-0.1, -0.05) is 18.2 Å². The molecule has 0 aromatic carbocycles. The summed E-state index contributed by atoms with van der Waals surface area (Å²) < 4.78 is 0. The molecule has 0 amide bonds. The van der Waals surface area contributed by atoms with Gasteiger partial charge in [-0.2, -0.15) is 0 Å². The predicted molar refractivity (Wildman–Crippen MR) is 37.2 cm³/mol. The average Bonchev–Trinajstić information content (AvgIpc) is 2.12. The van der Waals surface area contributed by atoms with Crippen molar-refractivity contribution in [3.63, 3.8) is 0 Å². The lowest BCUT2D eigenvalue weighted by Crippen LogP contribution is -1.92. The molecule has 0 saturated carbocycles. The van der Waals surface area contributed by atoms with Crippen LogP contribution in [0.4, 0.5) is 0 Å². The zero-order valence-electron chi connectivity index (χ0n) is 4.89. The summed E-state index contributed by atoms with van der Waals surface area (Å²) in [6.07, 6.45) is 7.30. The molecule has 0 bridgehead atoms. The van der Waals surface area contributed by atoms with E-state index in [-0.39, 0.29) is 5.38 Å². The fraction of sp³-hybridized carbons (Fsp3) is 0.429. The van der Waals surface area contributed by atoms with Gasteiger partial charge in [0.05, 0.1) is 5.38 Å². The summed E-state index contributed by atoms with van der Waals surface area (Å²) in [6, 6.07) is 0. The predicted octanol–water partition coefficient (Wildman–Crippen LogP) is 2.50. The molecular formula is C7H9Cl. The lowest BCUT2D eigenvalue weighted by atomic mass is 10.2. The molecule has 0 spiro atoms. The molecule has 1 unspecified atom stereocenters. The molecule has 1 aliphatic rings. The van der Waals surface area contributed by atoms with Crippen LogP contribution in [0.3, 0.4) is 0 Å². The second kappa shape index (κ2) is 2.36. The van der Waals surface area contributed by atoms with E-state index >= 15 is 0 Å². The number of hydrogen-bond donors (Lipinski definition) is 0. The van der Waals surface area contributed by atoms with Crippen molar-refractivity contribution in [2.75, 3.05) is 0 Å². The third-order valence-electron chi connectivity index (χ3n) is 1.31. The molecule has 0 nitrogen and oxygen atoms in total. The van der Waals surface area contributed by atoms with Gasteiger partial charge in [-0.3, -0.25) is 0 Å². The van der Waals surface area contributed by atoms with Crippen LogP contribution in [0, 0.1) is 0 Å². The standard InChI is InChI=1S/C7H9Cl/c1-6(8)7-4-2-3-5-7/h2-4,6H,5H2,1H3. The smallest absolute Gasteiger partial charge is 0.0523 e. The minimum atomic E-state index is 0.213. The van der Waals surface area contributed by atoms with Crippen molar-refractivity contribution in [3.8, 4) is 0 Å². The molecule has 0 aromatic heterocycles. The third kappa shape index (κ3) is 1.13. The Labute approximate surface area is 54.8 Å². The molecule has 1 aliphatic carbocycles. The van der Waals surface area contributed by atoms with Crippen LogP contribution >= 0.6 is 11.6 Å². The molecule has 0 saturated heterocycles. The third-order valence-corrected chi connectivity index (χ3v) is 1.59. The molecule has 44 valence electrons. The van der Waals surface area contributed by atoms with E-state index in [0.29, 0.717) is 0 Å². The fourth-order valence-electron chi connectivity index (χ4n) is 0.759. The van der Waals surface area contributed by atoms with Crippen molar-refractivity contribution in [1.82, 2.24) is 0 Å². The van der Waals surface area contributed by atoms with E-state index in [1.165, 1.54) is 5.57 Å². The highest BCUT2D eigenvalue weighted by Gasteiger charge is 2.03. The largest absolute Gasteiger partial charge is 0.118 e. The van der Waals surface area contributed by atoms with Gasteiger partial charge in [-0.05, 0) is 18.9 Å². The molecule has 0 aromatic rings. The Kier molecular flexibility index (Phi) is 1.74. The van der Waals surface area contributed by atoms with Crippen LogP contribution in [0.15, 0.2) is 23.8 Å². The van der Waals surface area contributed by atoms with Gasteiger partial charge in [0.25, 0.3) is 0 Å². The lowest BCUT2D eigenvalue weighted by molar-refractivity contribution is 1.06. The molecule has 1 atom stereocenters. The van der Waals surface area contributed by atoms with Crippen molar-refractivity contribution in [1.29, 1.82) is 0 Å². The van der Waals surface area contributed by atoms with Gasteiger partial charge < -0.3 is 0 Å². The Morgan fingerprint density at radius 1 is 1.75 bits per heavy atom. The molecule has 0 heterocycles. The number of rotatable bonds is 1.